The Kier molecular flexibility index (Phi) is 10.5. The first kappa shape index (κ1) is 25.3. The number of carbonyl (C=O) groups excluding carboxylic acids is 1. The predicted octanol–water partition coefficient (Wildman–Crippen LogP) is 7.24. The van der Waals surface area contributed by atoms with Gasteiger partial charge in [0, 0.05) is 22.8 Å². The standard InChI is InChI=1S/C14H20ClN.C11H18O2/c1-4-5-10-8-11-13(9-12(10)15)16-7-6-14(11,2)3;1-5-6-9(2)7-8-10(3)11(12)13-4/h8-9,16H,4-7H2,1-3H3;7-8H,5-6H2,1-4H3/b;9-7-,10-8+. The van der Waals surface area contributed by atoms with Crippen molar-refractivity contribution in [2.75, 3.05) is 19.0 Å². The number of hydrogen-bond donors (Lipinski definition) is 1. The van der Waals surface area contributed by atoms with Gasteiger partial charge >= 0.3 is 5.97 Å². The fraction of sp³-hybridized carbons (Fsp3) is 0.560. The predicted molar refractivity (Wildman–Crippen MR) is 126 cm³/mol. The average Bonchev–Trinajstić information content (AvgIpc) is 2.67. The van der Waals surface area contributed by atoms with Crippen LogP contribution in [0.2, 0.25) is 5.02 Å². The molecular formula is C25H38ClNO2. The number of carbonyl (C=O) groups is 1. The maximum absolute atomic E-state index is 11.0. The van der Waals surface area contributed by atoms with Gasteiger partial charge in [-0.15, -0.1) is 0 Å². The molecule has 1 aliphatic heterocycles. The first-order chi connectivity index (χ1) is 13.7. The second-order valence-electron chi connectivity index (χ2n) is 8.40. The minimum atomic E-state index is -0.263. The third-order valence-corrected chi connectivity index (χ3v) is 5.62. The van der Waals surface area contributed by atoms with Gasteiger partial charge in [-0.25, -0.2) is 4.79 Å². The van der Waals surface area contributed by atoms with Crippen molar-refractivity contribution in [1.82, 2.24) is 0 Å². The molecule has 0 radical (unpaired) electrons. The van der Waals surface area contributed by atoms with Gasteiger partial charge in [-0.3, -0.25) is 0 Å². The maximum Gasteiger partial charge on any atom is 0.333 e. The van der Waals surface area contributed by atoms with Crippen LogP contribution in [0.15, 0.2) is 35.4 Å². The molecule has 29 heavy (non-hydrogen) atoms. The lowest BCUT2D eigenvalue weighted by molar-refractivity contribution is -0.136. The largest absolute Gasteiger partial charge is 0.466 e. The number of aryl methyl sites for hydroxylation is 1. The van der Waals surface area contributed by atoms with Gasteiger partial charge < -0.3 is 10.1 Å². The van der Waals surface area contributed by atoms with E-state index in [0.717, 1.165) is 37.3 Å². The fourth-order valence-electron chi connectivity index (χ4n) is 3.40. The molecule has 0 saturated carbocycles. The maximum atomic E-state index is 11.0. The van der Waals surface area contributed by atoms with Crippen LogP contribution in [-0.4, -0.2) is 19.6 Å². The van der Waals surface area contributed by atoms with Gasteiger partial charge in [-0.2, -0.15) is 0 Å². The summed E-state index contributed by atoms with van der Waals surface area (Å²) >= 11 is 6.29. The van der Waals surface area contributed by atoms with E-state index in [4.69, 9.17) is 11.6 Å². The summed E-state index contributed by atoms with van der Waals surface area (Å²) in [5.41, 5.74) is 6.13. The molecule has 0 aromatic heterocycles. The van der Waals surface area contributed by atoms with E-state index >= 15 is 0 Å². The number of methoxy groups -OCH3 is 1. The van der Waals surface area contributed by atoms with Gasteiger partial charge in [0.15, 0.2) is 0 Å². The molecule has 0 bridgehead atoms. The van der Waals surface area contributed by atoms with Gasteiger partial charge in [0.1, 0.15) is 0 Å². The van der Waals surface area contributed by atoms with Crippen LogP contribution in [0.5, 0.6) is 0 Å². The second-order valence-corrected chi connectivity index (χ2v) is 8.81. The zero-order valence-electron chi connectivity index (χ0n) is 19.2. The topological polar surface area (TPSA) is 38.3 Å². The van der Waals surface area contributed by atoms with Gasteiger partial charge in [-0.05, 0) is 55.7 Å². The Hall–Kier alpha value is -1.74. The van der Waals surface area contributed by atoms with Crippen LogP contribution >= 0.6 is 11.6 Å². The second kappa shape index (κ2) is 12.1. The highest BCUT2D eigenvalue weighted by Gasteiger charge is 2.28. The average molecular weight is 420 g/mol. The summed E-state index contributed by atoms with van der Waals surface area (Å²) in [4.78, 5) is 11.0. The lowest BCUT2D eigenvalue weighted by Gasteiger charge is -2.34. The zero-order chi connectivity index (χ0) is 22.0. The molecule has 0 amide bonds. The monoisotopic (exact) mass is 419 g/mol. The summed E-state index contributed by atoms with van der Waals surface area (Å²) in [5, 5.41) is 4.35. The molecule has 1 N–H and O–H groups in total. The highest BCUT2D eigenvalue weighted by molar-refractivity contribution is 6.31. The van der Waals surface area contributed by atoms with Gasteiger partial charge in [0.05, 0.1) is 7.11 Å². The van der Waals surface area contributed by atoms with Crippen LogP contribution in [0.3, 0.4) is 0 Å². The quantitative estimate of drug-likeness (QED) is 0.300. The number of benzene rings is 1. The molecule has 0 unspecified atom stereocenters. The molecule has 1 heterocycles. The van der Waals surface area contributed by atoms with E-state index in [1.807, 2.05) is 6.08 Å². The van der Waals surface area contributed by atoms with Crippen LogP contribution in [0.4, 0.5) is 5.69 Å². The molecule has 0 saturated heterocycles. The Morgan fingerprint density at radius 2 is 1.90 bits per heavy atom. The van der Waals surface area contributed by atoms with Crippen molar-refractivity contribution in [3.8, 4) is 0 Å². The number of rotatable bonds is 6. The first-order valence-electron chi connectivity index (χ1n) is 10.6. The number of allylic oxidation sites excluding steroid dienone is 3. The van der Waals surface area contributed by atoms with Crippen molar-refractivity contribution in [2.45, 2.75) is 79.1 Å². The minimum absolute atomic E-state index is 0.263. The van der Waals surface area contributed by atoms with E-state index in [0.29, 0.717) is 5.57 Å². The molecule has 0 atom stereocenters. The number of nitrogens with one attached hydrogen (secondary N) is 1. The third-order valence-electron chi connectivity index (χ3n) is 5.27. The number of ether oxygens (including phenoxy) is 1. The van der Waals surface area contributed by atoms with Crippen LogP contribution in [0.25, 0.3) is 0 Å². The summed E-state index contributed by atoms with van der Waals surface area (Å²) in [5.74, 6) is -0.263. The smallest absolute Gasteiger partial charge is 0.333 e. The summed E-state index contributed by atoms with van der Waals surface area (Å²) in [6.07, 6.45) is 9.38. The van der Waals surface area contributed by atoms with Crippen molar-refractivity contribution in [3.63, 3.8) is 0 Å². The number of halogens is 1. The SMILES string of the molecule is CCC/C(C)=C\C=C(/C)C(=O)OC.CCCc1cc2c(cc1Cl)NCCC2(C)C. The van der Waals surface area contributed by atoms with Crippen LogP contribution in [0, 0.1) is 0 Å². The molecule has 3 nitrogen and oxygen atoms in total. The summed E-state index contributed by atoms with van der Waals surface area (Å²) in [6, 6.07) is 4.40. The van der Waals surface area contributed by atoms with Crippen LogP contribution in [0.1, 0.15) is 78.4 Å². The Morgan fingerprint density at radius 3 is 2.48 bits per heavy atom. The highest BCUT2D eigenvalue weighted by Crippen LogP contribution is 2.39. The molecule has 0 fully saturated rings. The molecule has 0 aliphatic carbocycles. The van der Waals surface area contributed by atoms with E-state index in [-0.39, 0.29) is 11.4 Å². The zero-order valence-corrected chi connectivity index (χ0v) is 20.0. The first-order valence-corrected chi connectivity index (χ1v) is 11.0. The van der Waals surface area contributed by atoms with Crippen LogP contribution in [-0.2, 0) is 21.4 Å². The third kappa shape index (κ3) is 7.89. The van der Waals surface area contributed by atoms with Crippen molar-refractivity contribution in [1.29, 1.82) is 0 Å². The van der Waals surface area contributed by atoms with Crippen molar-refractivity contribution < 1.29 is 9.53 Å². The number of fused-ring (bicyclic) bond motifs is 1. The molecule has 1 aromatic carbocycles. The lowest BCUT2D eigenvalue weighted by atomic mass is 9.77. The van der Waals surface area contributed by atoms with Crippen LogP contribution < -0.4 is 5.32 Å². The van der Waals surface area contributed by atoms with Crippen molar-refractivity contribution >= 4 is 23.3 Å². The molecule has 1 aromatic rings. The van der Waals surface area contributed by atoms with E-state index in [2.05, 4.69) is 56.8 Å². The Morgan fingerprint density at radius 1 is 1.21 bits per heavy atom. The molecule has 2 rings (SSSR count). The molecule has 1 aliphatic rings. The van der Waals surface area contributed by atoms with Gasteiger partial charge in [0.2, 0.25) is 0 Å². The normalized spacial score (nSPS) is 15.6. The minimum Gasteiger partial charge on any atom is -0.466 e. The van der Waals surface area contributed by atoms with Gasteiger partial charge in [-0.1, -0.05) is 75.9 Å². The molecular weight excluding hydrogens is 382 g/mol. The summed E-state index contributed by atoms with van der Waals surface area (Å²) in [6.45, 7) is 13.8. The number of anilines is 1. The summed E-state index contributed by atoms with van der Waals surface area (Å²) < 4.78 is 4.57. The van der Waals surface area contributed by atoms with E-state index < -0.39 is 0 Å². The highest BCUT2D eigenvalue weighted by atomic mass is 35.5. The Bertz CT molecular complexity index is 747. The Labute approximate surface area is 182 Å². The van der Waals surface area contributed by atoms with Crippen molar-refractivity contribution in [2.24, 2.45) is 0 Å². The van der Waals surface area contributed by atoms with E-state index in [1.54, 1.807) is 13.0 Å². The molecule has 0 spiro atoms. The molecule has 162 valence electrons. The van der Waals surface area contributed by atoms with Crippen molar-refractivity contribution in [3.05, 3.63) is 51.6 Å². The fourth-order valence-corrected chi connectivity index (χ4v) is 3.66. The lowest BCUT2D eigenvalue weighted by Crippen LogP contribution is -2.28. The van der Waals surface area contributed by atoms with E-state index in [1.165, 1.54) is 35.9 Å². The number of esters is 1. The van der Waals surface area contributed by atoms with Gasteiger partial charge in [0.25, 0.3) is 0 Å². The Balaban J connectivity index is 0.000000298. The molecule has 4 heteroatoms. The van der Waals surface area contributed by atoms with E-state index in [9.17, 15) is 4.79 Å². The number of hydrogen-bond acceptors (Lipinski definition) is 3. The summed E-state index contributed by atoms with van der Waals surface area (Å²) in [7, 11) is 1.39.